The largest absolute Gasteiger partial charge is 0.444 e. The third-order valence-corrected chi connectivity index (χ3v) is 4.48. The number of carbonyl (C=O) groups excluding carboxylic acids is 1. The molecule has 5 heteroatoms. The smallest absolute Gasteiger partial charge is 0.289 e. The molecule has 4 nitrogen and oxygen atoms in total. The first-order valence-electron chi connectivity index (χ1n) is 7.88. The Bertz CT molecular complexity index is 641. The summed E-state index contributed by atoms with van der Waals surface area (Å²) < 4.78 is 11.8. The number of furan rings is 1. The average Bonchev–Trinajstić information content (AvgIpc) is 3.02. The van der Waals surface area contributed by atoms with E-state index in [1.807, 2.05) is 23.1 Å². The van der Waals surface area contributed by atoms with Crippen LogP contribution in [-0.4, -0.2) is 30.5 Å². The molecular formula is C18H20BrNO3. The number of piperidine rings is 1. The molecule has 2 heterocycles. The van der Waals surface area contributed by atoms with Gasteiger partial charge >= 0.3 is 0 Å². The Kier molecular flexibility index (Phi) is 5.51. The van der Waals surface area contributed by atoms with E-state index in [1.165, 1.54) is 5.56 Å². The fourth-order valence-electron chi connectivity index (χ4n) is 2.89. The lowest BCUT2D eigenvalue weighted by atomic mass is 9.99. The molecule has 1 aromatic carbocycles. The van der Waals surface area contributed by atoms with Crippen molar-refractivity contribution in [1.82, 2.24) is 4.90 Å². The molecule has 1 aliphatic heterocycles. The van der Waals surface area contributed by atoms with E-state index < -0.39 is 0 Å². The van der Waals surface area contributed by atoms with Crippen LogP contribution in [-0.2, 0) is 11.3 Å². The van der Waals surface area contributed by atoms with Gasteiger partial charge in [0.15, 0.2) is 10.4 Å². The predicted molar refractivity (Wildman–Crippen MR) is 91.1 cm³/mol. The topological polar surface area (TPSA) is 42.7 Å². The van der Waals surface area contributed by atoms with Gasteiger partial charge in [0.1, 0.15) is 0 Å². The van der Waals surface area contributed by atoms with Gasteiger partial charge in [-0.3, -0.25) is 4.79 Å². The van der Waals surface area contributed by atoms with Crippen LogP contribution in [0, 0.1) is 5.92 Å². The molecule has 3 rings (SSSR count). The van der Waals surface area contributed by atoms with Crippen molar-refractivity contribution in [2.45, 2.75) is 19.4 Å². The molecule has 1 amide bonds. The number of rotatable bonds is 5. The van der Waals surface area contributed by atoms with Crippen LogP contribution in [0.3, 0.4) is 0 Å². The number of benzene rings is 1. The summed E-state index contributed by atoms with van der Waals surface area (Å²) in [5.74, 6) is 0.737. The summed E-state index contributed by atoms with van der Waals surface area (Å²) in [5.41, 5.74) is 1.18. The molecule has 0 bridgehead atoms. The van der Waals surface area contributed by atoms with Gasteiger partial charge in [0.2, 0.25) is 0 Å². The van der Waals surface area contributed by atoms with Crippen LogP contribution in [0.2, 0.25) is 0 Å². The highest BCUT2D eigenvalue weighted by atomic mass is 79.9. The Morgan fingerprint density at radius 2 is 2.09 bits per heavy atom. The molecule has 0 radical (unpaired) electrons. The SMILES string of the molecule is O=C(c1ccc(Br)o1)N1CCCC(COCc2ccccc2)C1. The van der Waals surface area contributed by atoms with Gasteiger partial charge in [-0.2, -0.15) is 0 Å². The summed E-state index contributed by atoms with van der Waals surface area (Å²) >= 11 is 3.24. The van der Waals surface area contributed by atoms with Crippen LogP contribution < -0.4 is 0 Å². The number of amides is 1. The number of halogens is 1. The second kappa shape index (κ2) is 7.79. The Morgan fingerprint density at radius 3 is 2.83 bits per heavy atom. The monoisotopic (exact) mass is 377 g/mol. The normalized spacial score (nSPS) is 18.1. The lowest BCUT2D eigenvalue weighted by molar-refractivity contribution is 0.0407. The molecule has 1 aliphatic rings. The zero-order chi connectivity index (χ0) is 16.1. The summed E-state index contributed by atoms with van der Waals surface area (Å²) in [5, 5.41) is 0. The molecule has 23 heavy (non-hydrogen) atoms. The molecule has 0 N–H and O–H groups in total. The Balaban J connectivity index is 1.49. The van der Waals surface area contributed by atoms with E-state index in [0.29, 0.717) is 29.6 Å². The van der Waals surface area contributed by atoms with Crippen LogP contribution in [0.1, 0.15) is 29.0 Å². The van der Waals surface area contributed by atoms with E-state index >= 15 is 0 Å². The zero-order valence-corrected chi connectivity index (χ0v) is 14.5. The minimum absolute atomic E-state index is 0.0385. The van der Waals surface area contributed by atoms with Crippen molar-refractivity contribution in [3.63, 3.8) is 0 Å². The Morgan fingerprint density at radius 1 is 1.26 bits per heavy atom. The highest BCUT2D eigenvalue weighted by molar-refractivity contribution is 9.10. The molecular weight excluding hydrogens is 358 g/mol. The van der Waals surface area contributed by atoms with Gasteiger partial charge in [0.25, 0.3) is 5.91 Å². The average molecular weight is 378 g/mol. The molecule has 1 saturated heterocycles. The summed E-state index contributed by atoms with van der Waals surface area (Å²) in [6, 6.07) is 13.6. The Labute approximate surface area is 144 Å². The third-order valence-electron chi connectivity index (χ3n) is 4.06. The van der Waals surface area contributed by atoms with Crippen molar-refractivity contribution in [2.75, 3.05) is 19.7 Å². The van der Waals surface area contributed by atoms with Gasteiger partial charge in [-0.25, -0.2) is 0 Å². The number of ether oxygens (including phenoxy) is 1. The van der Waals surface area contributed by atoms with Gasteiger partial charge in [-0.1, -0.05) is 30.3 Å². The van der Waals surface area contributed by atoms with Gasteiger partial charge in [0.05, 0.1) is 13.2 Å². The van der Waals surface area contributed by atoms with E-state index in [4.69, 9.17) is 9.15 Å². The lowest BCUT2D eigenvalue weighted by Crippen LogP contribution is -2.41. The number of hydrogen-bond donors (Lipinski definition) is 0. The summed E-state index contributed by atoms with van der Waals surface area (Å²) in [4.78, 5) is 14.3. The van der Waals surface area contributed by atoms with E-state index in [9.17, 15) is 4.79 Å². The Hall–Kier alpha value is -1.59. The maximum Gasteiger partial charge on any atom is 0.289 e. The van der Waals surface area contributed by atoms with E-state index in [-0.39, 0.29) is 5.91 Å². The van der Waals surface area contributed by atoms with Crippen LogP contribution in [0.15, 0.2) is 51.6 Å². The van der Waals surface area contributed by atoms with Crippen LogP contribution >= 0.6 is 15.9 Å². The maximum absolute atomic E-state index is 12.4. The fraction of sp³-hybridized carbons (Fsp3) is 0.389. The maximum atomic E-state index is 12.4. The second-order valence-electron chi connectivity index (χ2n) is 5.86. The quantitative estimate of drug-likeness (QED) is 0.787. The van der Waals surface area contributed by atoms with Gasteiger partial charge in [-0.05, 0) is 52.4 Å². The van der Waals surface area contributed by atoms with Crippen LogP contribution in [0.5, 0.6) is 0 Å². The molecule has 1 unspecified atom stereocenters. The highest BCUT2D eigenvalue weighted by Gasteiger charge is 2.26. The molecule has 122 valence electrons. The molecule has 2 aromatic rings. The first-order valence-corrected chi connectivity index (χ1v) is 8.68. The van der Waals surface area contributed by atoms with Crippen molar-refractivity contribution in [3.05, 3.63) is 58.5 Å². The standard InChI is InChI=1S/C18H20BrNO3/c19-17-9-8-16(23-17)18(21)20-10-4-7-15(11-20)13-22-12-14-5-2-1-3-6-14/h1-3,5-6,8-9,15H,4,7,10-13H2. The molecule has 0 spiro atoms. The highest BCUT2D eigenvalue weighted by Crippen LogP contribution is 2.21. The van der Waals surface area contributed by atoms with Gasteiger partial charge in [0, 0.05) is 13.1 Å². The van der Waals surface area contributed by atoms with Crippen LogP contribution in [0.4, 0.5) is 0 Å². The minimum Gasteiger partial charge on any atom is -0.444 e. The molecule has 1 aromatic heterocycles. The van der Waals surface area contributed by atoms with E-state index in [1.54, 1.807) is 12.1 Å². The summed E-state index contributed by atoms with van der Waals surface area (Å²) in [6.45, 7) is 2.81. The van der Waals surface area contributed by atoms with Gasteiger partial charge < -0.3 is 14.1 Å². The summed E-state index contributed by atoms with van der Waals surface area (Å²) in [7, 11) is 0. The van der Waals surface area contributed by atoms with E-state index in [0.717, 1.165) is 25.9 Å². The first kappa shape index (κ1) is 16.3. The molecule has 0 aliphatic carbocycles. The second-order valence-corrected chi connectivity index (χ2v) is 6.65. The first-order chi connectivity index (χ1) is 11.2. The number of hydrogen-bond acceptors (Lipinski definition) is 3. The number of carbonyl (C=O) groups is 1. The molecule has 0 saturated carbocycles. The fourth-order valence-corrected chi connectivity index (χ4v) is 3.19. The minimum atomic E-state index is -0.0385. The third kappa shape index (κ3) is 4.45. The zero-order valence-electron chi connectivity index (χ0n) is 12.9. The molecule has 1 atom stereocenters. The molecule has 1 fully saturated rings. The van der Waals surface area contributed by atoms with Crippen LogP contribution in [0.25, 0.3) is 0 Å². The van der Waals surface area contributed by atoms with Crippen molar-refractivity contribution < 1.29 is 13.9 Å². The van der Waals surface area contributed by atoms with Crippen molar-refractivity contribution in [3.8, 4) is 0 Å². The number of likely N-dealkylation sites (tertiary alicyclic amines) is 1. The predicted octanol–water partition coefficient (Wildman–Crippen LogP) is 4.11. The van der Waals surface area contributed by atoms with Crippen molar-refractivity contribution >= 4 is 21.8 Å². The van der Waals surface area contributed by atoms with E-state index in [2.05, 4.69) is 28.1 Å². The van der Waals surface area contributed by atoms with Crippen molar-refractivity contribution in [2.24, 2.45) is 5.92 Å². The van der Waals surface area contributed by atoms with Crippen molar-refractivity contribution in [1.29, 1.82) is 0 Å². The van der Waals surface area contributed by atoms with Gasteiger partial charge in [-0.15, -0.1) is 0 Å². The lowest BCUT2D eigenvalue weighted by Gasteiger charge is -2.32. The summed E-state index contributed by atoms with van der Waals surface area (Å²) in [6.07, 6.45) is 2.10. The number of nitrogens with zero attached hydrogens (tertiary/aromatic N) is 1.